The van der Waals surface area contributed by atoms with E-state index in [1.807, 2.05) is 19.1 Å². The zero-order valence-corrected chi connectivity index (χ0v) is 19.1. The van der Waals surface area contributed by atoms with Crippen LogP contribution in [0.1, 0.15) is 23.1 Å². The van der Waals surface area contributed by atoms with Crippen molar-refractivity contribution >= 4 is 27.0 Å². The summed E-state index contributed by atoms with van der Waals surface area (Å²) in [6.45, 7) is 3.34. The van der Waals surface area contributed by atoms with Crippen LogP contribution in [0.5, 0.6) is 0 Å². The Balaban J connectivity index is 1.34. The van der Waals surface area contributed by atoms with Gasteiger partial charge in [0, 0.05) is 36.5 Å². The van der Waals surface area contributed by atoms with Crippen molar-refractivity contribution in [2.45, 2.75) is 31.3 Å². The maximum Gasteiger partial charge on any atom is 0.336 e. The van der Waals surface area contributed by atoms with E-state index in [0.29, 0.717) is 43.9 Å². The van der Waals surface area contributed by atoms with E-state index < -0.39 is 21.6 Å². The Bertz CT molecular complexity index is 1310. The van der Waals surface area contributed by atoms with Crippen LogP contribution in [-0.4, -0.2) is 45.0 Å². The first-order valence-corrected chi connectivity index (χ1v) is 12.1. The van der Waals surface area contributed by atoms with Gasteiger partial charge in [-0.05, 0) is 42.7 Å². The number of nitrogens with zero attached hydrogens (tertiary/aromatic N) is 1. The Morgan fingerprint density at radius 3 is 2.52 bits per heavy atom. The van der Waals surface area contributed by atoms with E-state index in [2.05, 4.69) is 0 Å². The summed E-state index contributed by atoms with van der Waals surface area (Å²) in [6, 6.07) is 13.4. The van der Waals surface area contributed by atoms with Gasteiger partial charge in [0.15, 0.2) is 0 Å². The number of aryl methyl sites for hydroxylation is 2. The molecule has 0 bridgehead atoms. The fourth-order valence-corrected chi connectivity index (χ4v) is 5.11. The highest BCUT2D eigenvalue weighted by atomic mass is 32.2. The summed E-state index contributed by atoms with van der Waals surface area (Å²) in [5.74, 6) is -0.409. The lowest BCUT2D eigenvalue weighted by Gasteiger charge is -2.26. The summed E-state index contributed by atoms with van der Waals surface area (Å²) >= 11 is 0. The smallest absolute Gasteiger partial charge is 0.336 e. The van der Waals surface area contributed by atoms with Crippen LogP contribution in [0.3, 0.4) is 0 Å². The van der Waals surface area contributed by atoms with Crippen LogP contribution < -0.4 is 5.63 Å². The maximum absolute atomic E-state index is 12.7. The van der Waals surface area contributed by atoms with E-state index in [-0.39, 0.29) is 17.9 Å². The van der Waals surface area contributed by atoms with Gasteiger partial charge in [-0.15, -0.1) is 0 Å². The molecule has 0 aliphatic carbocycles. The van der Waals surface area contributed by atoms with Crippen LogP contribution in [0.4, 0.5) is 0 Å². The number of esters is 1. The first-order chi connectivity index (χ1) is 15.8. The number of rotatable bonds is 7. The van der Waals surface area contributed by atoms with Gasteiger partial charge in [-0.3, -0.25) is 4.79 Å². The summed E-state index contributed by atoms with van der Waals surface area (Å²) < 4.78 is 42.6. The molecule has 0 radical (unpaired) electrons. The van der Waals surface area contributed by atoms with Crippen LogP contribution >= 0.6 is 0 Å². The van der Waals surface area contributed by atoms with Gasteiger partial charge >= 0.3 is 11.6 Å². The predicted molar refractivity (Wildman–Crippen MR) is 121 cm³/mol. The third-order valence-corrected chi connectivity index (χ3v) is 7.44. The van der Waals surface area contributed by atoms with Crippen molar-refractivity contribution in [2.75, 3.05) is 26.3 Å². The molecular weight excluding hydrogens is 446 g/mol. The first kappa shape index (κ1) is 23.2. The highest BCUT2D eigenvalue weighted by Crippen LogP contribution is 2.20. The number of hydrogen-bond donors (Lipinski definition) is 0. The topological polar surface area (TPSA) is 103 Å². The molecule has 0 spiro atoms. The minimum atomic E-state index is -3.55. The van der Waals surface area contributed by atoms with Gasteiger partial charge in [0.25, 0.3) is 0 Å². The lowest BCUT2D eigenvalue weighted by molar-refractivity contribution is -0.144. The minimum Gasteiger partial charge on any atom is -0.461 e. The molecule has 0 atom stereocenters. The molecule has 2 heterocycles. The van der Waals surface area contributed by atoms with Crippen molar-refractivity contribution in [2.24, 2.45) is 0 Å². The molecule has 1 aliphatic rings. The largest absolute Gasteiger partial charge is 0.461 e. The molecule has 9 heteroatoms. The fraction of sp³-hybridized carbons (Fsp3) is 0.333. The van der Waals surface area contributed by atoms with Crippen LogP contribution in [-0.2, 0) is 37.3 Å². The Hall–Kier alpha value is -3.01. The number of ether oxygens (including phenoxy) is 2. The van der Waals surface area contributed by atoms with Crippen molar-refractivity contribution in [1.29, 1.82) is 0 Å². The number of morpholine rings is 1. The second kappa shape index (κ2) is 9.86. The minimum absolute atomic E-state index is 0.0271. The van der Waals surface area contributed by atoms with E-state index >= 15 is 0 Å². The van der Waals surface area contributed by atoms with Gasteiger partial charge in [0.2, 0.25) is 10.0 Å². The van der Waals surface area contributed by atoms with Crippen molar-refractivity contribution in [1.82, 2.24) is 4.31 Å². The molecule has 1 aromatic heterocycles. The van der Waals surface area contributed by atoms with E-state index in [9.17, 15) is 18.0 Å². The highest BCUT2D eigenvalue weighted by Gasteiger charge is 2.26. The van der Waals surface area contributed by atoms with Gasteiger partial charge in [-0.1, -0.05) is 24.3 Å². The molecule has 0 unspecified atom stereocenters. The standard InChI is InChI=1S/C24H25NO7S/c1-17-2-8-21-19(15-24(27)32-22(21)14-17)16-31-23(26)9-5-18-3-6-20(7-4-18)33(28,29)25-10-12-30-13-11-25/h2-4,6-8,14-15H,5,9-13,16H2,1H3. The molecular formula is C24H25NO7S. The Morgan fingerprint density at radius 2 is 1.79 bits per heavy atom. The number of carbonyl (C=O) groups excluding carboxylic acids is 1. The molecule has 8 nitrogen and oxygen atoms in total. The third-order valence-electron chi connectivity index (χ3n) is 5.52. The van der Waals surface area contributed by atoms with Gasteiger partial charge in [0.05, 0.1) is 18.1 Å². The first-order valence-electron chi connectivity index (χ1n) is 10.7. The molecule has 3 aromatic rings. The van der Waals surface area contributed by atoms with Crippen LogP contribution in [0.15, 0.2) is 62.6 Å². The van der Waals surface area contributed by atoms with Gasteiger partial charge < -0.3 is 13.9 Å². The fourth-order valence-electron chi connectivity index (χ4n) is 3.70. The summed E-state index contributed by atoms with van der Waals surface area (Å²) in [4.78, 5) is 24.3. The maximum atomic E-state index is 12.7. The molecule has 2 aromatic carbocycles. The number of sulfonamides is 1. The molecule has 0 saturated carbocycles. The monoisotopic (exact) mass is 471 g/mol. The second-order valence-electron chi connectivity index (χ2n) is 7.91. The molecule has 0 N–H and O–H groups in total. The van der Waals surface area contributed by atoms with E-state index in [4.69, 9.17) is 13.9 Å². The van der Waals surface area contributed by atoms with E-state index in [1.54, 1.807) is 30.3 Å². The van der Waals surface area contributed by atoms with Crippen LogP contribution in [0.25, 0.3) is 11.0 Å². The molecule has 4 rings (SSSR count). The number of benzene rings is 2. The van der Waals surface area contributed by atoms with E-state index in [1.165, 1.54) is 10.4 Å². The van der Waals surface area contributed by atoms with Gasteiger partial charge in [0.1, 0.15) is 12.2 Å². The number of carbonyl (C=O) groups is 1. The zero-order chi connectivity index (χ0) is 23.4. The summed E-state index contributed by atoms with van der Waals surface area (Å²) in [7, 11) is -3.55. The van der Waals surface area contributed by atoms with Crippen molar-refractivity contribution in [3.05, 3.63) is 75.6 Å². The second-order valence-corrected chi connectivity index (χ2v) is 9.85. The number of fused-ring (bicyclic) bond motifs is 1. The molecule has 174 valence electrons. The van der Waals surface area contributed by atoms with Crippen LogP contribution in [0.2, 0.25) is 0 Å². The SMILES string of the molecule is Cc1ccc2c(COC(=O)CCc3ccc(S(=O)(=O)N4CCOCC4)cc3)cc(=O)oc2c1. The molecule has 33 heavy (non-hydrogen) atoms. The number of hydrogen-bond acceptors (Lipinski definition) is 7. The van der Waals surface area contributed by atoms with Gasteiger partial charge in [-0.25, -0.2) is 13.2 Å². The highest BCUT2D eigenvalue weighted by molar-refractivity contribution is 7.89. The van der Waals surface area contributed by atoms with E-state index in [0.717, 1.165) is 16.5 Å². The lowest BCUT2D eigenvalue weighted by Crippen LogP contribution is -2.40. The average molecular weight is 472 g/mol. The molecule has 1 saturated heterocycles. The molecule has 1 fully saturated rings. The predicted octanol–water partition coefficient (Wildman–Crippen LogP) is 2.80. The summed E-state index contributed by atoms with van der Waals surface area (Å²) in [6.07, 6.45) is 0.543. The van der Waals surface area contributed by atoms with Crippen molar-refractivity contribution in [3.8, 4) is 0 Å². The summed E-state index contributed by atoms with van der Waals surface area (Å²) in [5, 5.41) is 0.727. The van der Waals surface area contributed by atoms with Crippen LogP contribution in [0, 0.1) is 6.92 Å². The quantitative estimate of drug-likeness (QED) is 0.386. The van der Waals surface area contributed by atoms with Crippen molar-refractivity contribution < 1.29 is 27.1 Å². The third kappa shape index (κ3) is 5.50. The Labute approximate surface area is 191 Å². The molecule has 1 aliphatic heterocycles. The zero-order valence-electron chi connectivity index (χ0n) is 18.3. The summed E-state index contributed by atoms with van der Waals surface area (Å²) in [5.41, 5.74) is 2.34. The van der Waals surface area contributed by atoms with Crippen molar-refractivity contribution in [3.63, 3.8) is 0 Å². The Kier molecular flexibility index (Phi) is 6.92. The Morgan fingerprint density at radius 1 is 1.06 bits per heavy atom. The molecule has 0 amide bonds. The average Bonchev–Trinajstić information content (AvgIpc) is 2.81. The lowest BCUT2D eigenvalue weighted by atomic mass is 10.1. The normalized spacial score (nSPS) is 14.9. The van der Waals surface area contributed by atoms with Gasteiger partial charge in [-0.2, -0.15) is 4.31 Å².